The summed E-state index contributed by atoms with van der Waals surface area (Å²) in [6.45, 7) is 0.492. The van der Waals surface area contributed by atoms with Crippen LogP contribution in [0.3, 0.4) is 0 Å². The normalized spacial score (nSPS) is 12.5. The Morgan fingerprint density at radius 1 is 1.02 bits per heavy atom. The Morgan fingerprint density at radius 3 is 2.48 bits per heavy atom. The molecule has 2 N–H and O–H groups in total. The van der Waals surface area contributed by atoms with Crippen LogP contribution >= 0.6 is 11.6 Å². The van der Waals surface area contributed by atoms with E-state index in [9.17, 15) is 13.5 Å². The van der Waals surface area contributed by atoms with Gasteiger partial charge in [0.1, 0.15) is 5.82 Å². The fourth-order valence-corrected chi connectivity index (χ4v) is 5.51. The molecule has 2 heterocycles. The molecule has 40 heavy (non-hydrogen) atoms. The number of H-pyrrole nitrogens is 1. The smallest absolute Gasteiger partial charge is 0.232 e. The minimum absolute atomic E-state index is 0.0737. The largest absolute Gasteiger partial charge is 0.494 e. The van der Waals surface area contributed by atoms with Crippen molar-refractivity contribution in [2.45, 2.75) is 0 Å². The standard InChI is InChI=1S/C28H26ClFN6O3S/c1-35(2)12-13-36(40(3,38)39)25-9-6-19(16-21(25)30)33-27(17-4-8-22-24(14-17)32-11-10-31-22)26-20-7-5-18(29)15-23(20)34-28(26)37/h4-11,14-16,34,37H,12-13H2,1-3H3. The van der Waals surface area contributed by atoms with Crippen molar-refractivity contribution < 1.29 is 17.9 Å². The highest BCUT2D eigenvalue weighted by atomic mass is 35.5. The molecule has 2 aromatic heterocycles. The van der Waals surface area contributed by atoms with E-state index in [2.05, 4.69) is 15.0 Å². The van der Waals surface area contributed by atoms with Crippen molar-refractivity contribution in [3.63, 3.8) is 0 Å². The molecule has 206 valence electrons. The zero-order valence-electron chi connectivity index (χ0n) is 21.9. The minimum Gasteiger partial charge on any atom is -0.494 e. The average molecular weight is 581 g/mol. The molecular weight excluding hydrogens is 555 g/mol. The van der Waals surface area contributed by atoms with Gasteiger partial charge in [-0.15, -0.1) is 0 Å². The van der Waals surface area contributed by atoms with Crippen LogP contribution in [0, 0.1) is 5.82 Å². The highest BCUT2D eigenvalue weighted by molar-refractivity contribution is 7.92. The summed E-state index contributed by atoms with van der Waals surface area (Å²) in [7, 11) is -0.118. The lowest BCUT2D eigenvalue weighted by atomic mass is 10.00. The van der Waals surface area contributed by atoms with Crippen LogP contribution in [0.15, 0.2) is 72.0 Å². The van der Waals surface area contributed by atoms with Gasteiger partial charge in [-0.1, -0.05) is 23.7 Å². The summed E-state index contributed by atoms with van der Waals surface area (Å²) in [5.74, 6) is -0.886. The lowest BCUT2D eigenvalue weighted by Crippen LogP contribution is -2.36. The Kier molecular flexibility index (Phi) is 7.45. The number of aromatic nitrogens is 3. The van der Waals surface area contributed by atoms with Gasteiger partial charge >= 0.3 is 0 Å². The number of nitrogens with zero attached hydrogens (tertiary/aromatic N) is 5. The molecule has 9 nitrogen and oxygen atoms in total. The first-order chi connectivity index (χ1) is 19.0. The van der Waals surface area contributed by atoms with Gasteiger partial charge in [0.25, 0.3) is 0 Å². The lowest BCUT2D eigenvalue weighted by molar-refractivity contribution is 0.419. The molecule has 0 aliphatic carbocycles. The second kappa shape index (κ2) is 10.8. The molecule has 0 radical (unpaired) electrons. The van der Waals surface area contributed by atoms with Crippen molar-refractivity contribution in [1.82, 2.24) is 19.9 Å². The number of halogens is 2. The predicted octanol–water partition coefficient (Wildman–Crippen LogP) is 5.11. The van der Waals surface area contributed by atoms with E-state index >= 15 is 4.39 Å². The summed E-state index contributed by atoms with van der Waals surface area (Å²) in [5, 5.41) is 12.1. The average Bonchev–Trinajstić information content (AvgIpc) is 3.21. The van der Waals surface area contributed by atoms with E-state index in [4.69, 9.17) is 16.6 Å². The molecule has 12 heteroatoms. The predicted molar refractivity (Wildman–Crippen MR) is 157 cm³/mol. The molecule has 0 bridgehead atoms. The van der Waals surface area contributed by atoms with Crippen molar-refractivity contribution in [1.29, 1.82) is 0 Å². The molecule has 3 aromatic carbocycles. The highest BCUT2D eigenvalue weighted by Gasteiger charge is 2.23. The van der Waals surface area contributed by atoms with Crippen LogP contribution in [0.4, 0.5) is 15.8 Å². The molecule has 0 fully saturated rings. The quantitative estimate of drug-likeness (QED) is 0.247. The topological polar surface area (TPSA) is 115 Å². The van der Waals surface area contributed by atoms with Crippen molar-refractivity contribution in [2.24, 2.45) is 4.99 Å². The first kappa shape index (κ1) is 27.5. The van der Waals surface area contributed by atoms with E-state index < -0.39 is 15.8 Å². The van der Waals surface area contributed by atoms with Crippen LogP contribution in [-0.2, 0) is 10.0 Å². The number of aliphatic imine (C=N–C) groups is 1. The Labute approximate surface area is 235 Å². The summed E-state index contributed by atoms with van der Waals surface area (Å²) in [5.41, 5.74) is 3.37. The van der Waals surface area contributed by atoms with Crippen molar-refractivity contribution in [3.05, 3.63) is 89.0 Å². The number of anilines is 1. The third-order valence-electron chi connectivity index (χ3n) is 6.31. The van der Waals surface area contributed by atoms with Gasteiger partial charge in [-0.05, 0) is 50.5 Å². The van der Waals surface area contributed by atoms with Gasteiger partial charge in [0.15, 0.2) is 5.88 Å². The van der Waals surface area contributed by atoms with Crippen LogP contribution in [-0.4, -0.2) is 72.5 Å². The molecule has 0 saturated heterocycles. The molecule has 0 atom stereocenters. The van der Waals surface area contributed by atoms with Crippen LogP contribution in [0.2, 0.25) is 5.02 Å². The number of aromatic hydroxyl groups is 1. The molecule has 5 aromatic rings. The maximum atomic E-state index is 15.5. The number of nitrogens with one attached hydrogen (secondary N) is 1. The SMILES string of the molecule is CN(C)CCN(c1ccc(N=C(c2ccc3nccnc3c2)c2c(O)[nH]c3cc(Cl)ccc23)cc1F)S(C)(=O)=O. The second-order valence-electron chi connectivity index (χ2n) is 9.53. The molecule has 0 aliphatic heterocycles. The van der Waals surface area contributed by atoms with Gasteiger partial charge < -0.3 is 15.0 Å². The van der Waals surface area contributed by atoms with Gasteiger partial charge in [-0.3, -0.25) is 14.3 Å². The zero-order valence-corrected chi connectivity index (χ0v) is 23.5. The fourth-order valence-electron chi connectivity index (χ4n) is 4.42. The van der Waals surface area contributed by atoms with Crippen molar-refractivity contribution in [3.8, 4) is 5.88 Å². The lowest BCUT2D eigenvalue weighted by Gasteiger charge is -2.24. The van der Waals surface area contributed by atoms with Crippen molar-refractivity contribution >= 4 is 60.6 Å². The van der Waals surface area contributed by atoms with Crippen LogP contribution < -0.4 is 4.31 Å². The van der Waals surface area contributed by atoms with Crippen molar-refractivity contribution in [2.75, 3.05) is 37.7 Å². The maximum Gasteiger partial charge on any atom is 0.232 e. The molecule has 0 amide bonds. The third-order valence-corrected chi connectivity index (χ3v) is 7.73. The maximum absolute atomic E-state index is 15.5. The van der Waals surface area contributed by atoms with Crippen LogP contribution in [0.25, 0.3) is 21.9 Å². The summed E-state index contributed by atoms with van der Waals surface area (Å²) in [4.78, 5) is 18.2. The van der Waals surface area contributed by atoms with E-state index in [0.29, 0.717) is 50.3 Å². The Morgan fingerprint density at radius 2 is 1.77 bits per heavy atom. The minimum atomic E-state index is -3.73. The zero-order chi connectivity index (χ0) is 28.6. The Bertz CT molecular complexity index is 1870. The van der Waals surface area contributed by atoms with Gasteiger partial charge in [-0.25, -0.2) is 17.8 Å². The van der Waals surface area contributed by atoms with E-state index in [1.165, 1.54) is 18.2 Å². The van der Waals surface area contributed by atoms with E-state index in [1.807, 2.05) is 19.0 Å². The number of benzene rings is 3. The summed E-state index contributed by atoms with van der Waals surface area (Å²) in [6.07, 6.45) is 4.21. The summed E-state index contributed by atoms with van der Waals surface area (Å²) >= 11 is 6.16. The molecule has 5 rings (SSSR count). The second-order valence-corrected chi connectivity index (χ2v) is 11.9. The third kappa shape index (κ3) is 5.62. The highest BCUT2D eigenvalue weighted by Crippen LogP contribution is 2.34. The first-order valence-corrected chi connectivity index (χ1v) is 14.5. The molecule has 0 saturated carbocycles. The monoisotopic (exact) mass is 580 g/mol. The number of rotatable bonds is 8. The van der Waals surface area contributed by atoms with E-state index in [-0.39, 0.29) is 23.8 Å². The van der Waals surface area contributed by atoms with E-state index in [0.717, 1.165) is 10.6 Å². The van der Waals surface area contributed by atoms with Gasteiger partial charge in [0.2, 0.25) is 10.0 Å². The van der Waals surface area contributed by atoms with Crippen LogP contribution in [0.1, 0.15) is 11.1 Å². The number of aromatic amines is 1. The number of hydrogen-bond acceptors (Lipinski definition) is 7. The van der Waals surface area contributed by atoms with Crippen LogP contribution in [0.5, 0.6) is 5.88 Å². The Hall–Kier alpha value is -4.06. The fraction of sp³-hybridized carbons (Fsp3) is 0.179. The number of likely N-dealkylation sites (N-methyl/N-ethyl adjacent to an activating group) is 1. The first-order valence-electron chi connectivity index (χ1n) is 12.2. The number of fused-ring (bicyclic) bond motifs is 2. The van der Waals surface area contributed by atoms with Gasteiger partial charge in [0, 0.05) is 47.5 Å². The summed E-state index contributed by atoms with van der Waals surface area (Å²) < 4.78 is 41.4. The van der Waals surface area contributed by atoms with Gasteiger partial charge in [-0.2, -0.15) is 0 Å². The Balaban J connectivity index is 1.67. The molecule has 0 spiro atoms. The summed E-state index contributed by atoms with van der Waals surface area (Å²) in [6, 6.07) is 14.6. The molecular formula is C28H26ClFN6O3S. The molecule has 0 aliphatic rings. The van der Waals surface area contributed by atoms with Gasteiger partial charge in [0.05, 0.1) is 45.5 Å². The van der Waals surface area contributed by atoms with E-state index in [1.54, 1.807) is 48.8 Å². The number of sulfonamides is 1. The molecule has 0 unspecified atom stereocenters. The number of hydrogen-bond donors (Lipinski definition) is 2.